The fourth-order valence-electron chi connectivity index (χ4n) is 1.50. The first kappa shape index (κ1) is 12.7. The van der Waals surface area contributed by atoms with Crippen LogP contribution in [0.25, 0.3) is 0 Å². The molecular formula is C11H19N3O2. The minimum atomic E-state index is -0.807. The predicted octanol–water partition coefficient (Wildman–Crippen LogP) is 1.37. The van der Waals surface area contributed by atoms with Crippen LogP contribution in [0.2, 0.25) is 0 Å². The summed E-state index contributed by atoms with van der Waals surface area (Å²) < 4.78 is 2.05. The second-order valence-corrected chi connectivity index (χ2v) is 4.32. The summed E-state index contributed by atoms with van der Waals surface area (Å²) >= 11 is 0. The van der Waals surface area contributed by atoms with E-state index in [0.29, 0.717) is 12.6 Å². The van der Waals surface area contributed by atoms with E-state index >= 15 is 0 Å². The van der Waals surface area contributed by atoms with Gasteiger partial charge < -0.3 is 9.67 Å². The van der Waals surface area contributed by atoms with Gasteiger partial charge in [-0.2, -0.15) is 0 Å². The molecule has 1 aromatic rings. The van der Waals surface area contributed by atoms with E-state index in [2.05, 4.69) is 18.8 Å². The van der Waals surface area contributed by atoms with Gasteiger partial charge in [-0.1, -0.05) is 0 Å². The van der Waals surface area contributed by atoms with Crippen LogP contribution in [0.5, 0.6) is 0 Å². The molecule has 90 valence electrons. The molecular weight excluding hydrogens is 206 g/mol. The Kier molecular flexibility index (Phi) is 4.06. The molecule has 0 fully saturated rings. The summed E-state index contributed by atoms with van der Waals surface area (Å²) in [6.45, 7) is 6.42. The minimum Gasteiger partial charge on any atom is -0.480 e. The Morgan fingerprint density at radius 2 is 2.19 bits per heavy atom. The second kappa shape index (κ2) is 5.12. The molecule has 5 heteroatoms. The number of hydrogen-bond donors (Lipinski definition) is 1. The Balaban J connectivity index is 2.73. The lowest BCUT2D eigenvalue weighted by molar-refractivity contribution is -0.142. The number of aliphatic carboxylic acids is 1. The molecule has 0 spiro atoms. The van der Waals surface area contributed by atoms with Crippen molar-refractivity contribution in [2.75, 3.05) is 7.05 Å². The fraction of sp³-hybridized carbons (Fsp3) is 0.636. The number of carboxylic acids is 1. The monoisotopic (exact) mass is 225 g/mol. The molecule has 0 aliphatic carbocycles. The number of nitrogens with zero attached hydrogens (tertiary/aromatic N) is 3. The molecule has 0 aromatic carbocycles. The zero-order chi connectivity index (χ0) is 12.3. The Morgan fingerprint density at radius 3 is 2.69 bits per heavy atom. The Bertz CT molecular complexity index is 360. The van der Waals surface area contributed by atoms with Crippen molar-refractivity contribution in [2.45, 2.75) is 39.4 Å². The third-order valence-electron chi connectivity index (χ3n) is 2.73. The van der Waals surface area contributed by atoms with E-state index in [1.54, 1.807) is 31.4 Å². The average molecular weight is 225 g/mol. The van der Waals surface area contributed by atoms with Crippen molar-refractivity contribution >= 4 is 5.97 Å². The molecule has 1 atom stereocenters. The first-order chi connectivity index (χ1) is 7.43. The van der Waals surface area contributed by atoms with Crippen molar-refractivity contribution in [1.82, 2.24) is 14.5 Å². The van der Waals surface area contributed by atoms with Crippen LogP contribution in [-0.4, -0.2) is 38.6 Å². The van der Waals surface area contributed by atoms with Gasteiger partial charge in [-0.3, -0.25) is 9.69 Å². The van der Waals surface area contributed by atoms with E-state index in [0.717, 1.165) is 5.69 Å². The highest BCUT2D eigenvalue weighted by Crippen LogP contribution is 2.11. The first-order valence-corrected chi connectivity index (χ1v) is 5.37. The molecule has 0 bridgehead atoms. The van der Waals surface area contributed by atoms with Gasteiger partial charge in [-0.15, -0.1) is 0 Å². The van der Waals surface area contributed by atoms with E-state index in [1.165, 1.54) is 0 Å². The molecule has 0 saturated carbocycles. The molecule has 1 aromatic heterocycles. The third-order valence-corrected chi connectivity index (χ3v) is 2.73. The van der Waals surface area contributed by atoms with Crippen LogP contribution >= 0.6 is 0 Å². The maximum Gasteiger partial charge on any atom is 0.320 e. The standard InChI is InChI=1S/C11H19N3O2/c1-8(2)14-7-12-5-10(14)6-13(4)9(3)11(15)16/h5,7-9H,6H2,1-4H3,(H,15,16). The summed E-state index contributed by atoms with van der Waals surface area (Å²) in [4.78, 5) is 16.7. The zero-order valence-corrected chi connectivity index (χ0v) is 10.2. The molecule has 1 unspecified atom stereocenters. The van der Waals surface area contributed by atoms with Gasteiger partial charge in [0, 0.05) is 18.8 Å². The number of imidazole rings is 1. The van der Waals surface area contributed by atoms with Gasteiger partial charge in [0.05, 0.1) is 12.0 Å². The highest BCUT2D eigenvalue weighted by Gasteiger charge is 2.18. The Hall–Kier alpha value is -1.36. The van der Waals surface area contributed by atoms with Crippen LogP contribution in [-0.2, 0) is 11.3 Å². The van der Waals surface area contributed by atoms with Gasteiger partial charge in [0.2, 0.25) is 0 Å². The number of hydrogen-bond acceptors (Lipinski definition) is 3. The summed E-state index contributed by atoms with van der Waals surface area (Å²) in [7, 11) is 1.80. The number of carboxylic acid groups (broad SMARTS) is 1. The lowest BCUT2D eigenvalue weighted by Crippen LogP contribution is -2.35. The predicted molar refractivity (Wildman–Crippen MR) is 61.2 cm³/mol. The molecule has 5 nitrogen and oxygen atoms in total. The molecule has 16 heavy (non-hydrogen) atoms. The van der Waals surface area contributed by atoms with Gasteiger partial charge in [0.15, 0.2) is 0 Å². The summed E-state index contributed by atoms with van der Waals surface area (Å²) in [6, 6.07) is -0.151. The van der Waals surface area contributed by atoms with Gasteiger partial charge in [-0.05, 0) is 27.8 Å². The highest BCUT2D eigenvalue weighted by molar-refractivity contribution is 5.72. The van der Waals surface area contributed by atoms with E-state index in [9.17, 15) is 4.79 Å². The summed E-state index contributed by atoms with van der Waals surface area (Å²) in [6.07, 6.45) is 3.56. The largest absolute Gasteiger partial charge is 0.480 e. The van der Waals surface area contributed by atoms with Crippen molar-refractivity contribution < 1.29 is 9.90 Å². The van der Waals surface area contributed by atoms with Crippen molar-refractivity contribution in [3.05, 3.63) is 18.2 Å². The van der Waals surface area contributed by atoms with Crippen LogP contribution in [0.4, 0.5) is 0 Å². The molecule has 0 aliphatic heterocycles. The first-order valence-electron chi connectivity index (χ1n) is 5.37. The normalized spacial score (nSPS) is 13.4. The Morgan fingerprint density at radius 1 is 1.56 bits per heavy atom. The number of likely N-dealkylation sites (N-methyl/N-ethyl adjacent to an activating group) is 1. The van der Waals surface area contributed by atoms with E-state index in [1.807, 2.05) is 4.57 Å². The van der Waals surface area contributed by atoms with Gasteiger partial charge in [-0.25, -0.2) is 4.98 Å². The quantitative estimate of drug-likeness (QED) is 0.822. The lowest BCUT2D eigenvalue weighted by atomic mass is 10.2. The van der Waals surface area contributed by atoms with Crippen LogP contribution < -0.4 is 0 Å². The van der Waals surface area contributed by atoms with Crippen molar-refractivity contribution in [1.29, 1.82) is 0 Å². The summed E-state index contributed by atoms with van der Waals surface area (Å²) in [5.74, 6) is -0.807. The van der Waals surface area contributed by atoms with Crippen LogP contribution in [0.15, 0.2) is 12.5 Å². The van der Waals surface area contributed by atoms with Crippen LogP contribution in [0.1, 0.15) is 32.5 Å². The van der Waals surface area contributed by atoms with Crippen LogP contribution in [0, 0.1) is 0 Å². The Labute approximate surface area is 95.7 Å². The molecule has 1 heterocycles. The topological polar surface area (TPSA) is 58.4 Å². The van der Waals surface area contributed by atoms with E-state index in [4.69, 9.17) is 5.11 Å². The van der Waals surface area contributed by atoms with Crippen molar-refractivity contribution in [3.8, 4) is 0 Å². The smallest absolute Gasteiger partial charge is 0.320 e. The lowest BCUT2D eigenvalue weighted by Gasteiger charge is -2.22. The van der Waals surface area contributed by atoms with Crippen LogP contribution in [0.3, 0.4) is 0 Å². The summed E-state index contributed by atoms with van der Waals surface area (Å²) in [5, 5.41) is 8.90. The fourth-order valence-corrected chi connectivity index (χ4v) is 1.50. The van der Waals surface area contributed by atoms with E-state index < -0.39 is 12.0 Å². The highest BCUT2D eigenvalue weighted by atomic mass is 16.4. The van der Waals surface area contributed by atoms with E-state index in [-0.39, 0.29) is 0 Å². The maximum atomic E-state index is 10.8. The molecule has 0 aliphatic rings. The molecule has 0 saturated heterocycles. The van der Waals surface area contributed by atoms with Gasteiger partial charge >= 0.3 is 5.97 Å². The van der Waals surface area contributed by atoms with Crippen molar-refractivity contribution in [3.63, 3.8) is 0 Å². The van der Waals surface area contributed by atoms with Gasteiger partial charge in [0.1, 0.15) is 6.04 Å². The van der Waals surface area contributed by atoms with Gasteiger partial charge in [0.25, 0.3) is 0 Å². The maximum absolute atomic E-state index is 10.8. The number of carbonyl (C=O) groups is 1. The molecule has 1 rings (SSSR count). The number of rotatable bonds is 5. The number of aromatic nitrogens is 2. The molecule has 0 radical (unpaired) electrons. The zero-order valence-electron chi connectivity index (χ0n) is 10.2. The second-order valence-electron chi connectivity index (χ2n) is 4.32. The van der Waals surface area contributed by atoms with Crippen molar-refractivity contribution in [2.24, 2.45) is 0 Å². The SMILES string of the molecule is CC(C(=O)O)N(C)Cc1cncn1C(C)C. The molecule has 1 N–H and O–H groups in total. The average Bonchev–Trinajstić information content (AvgIpc) is 2.64. The summed E-state index contributed by atoms with van der Waals surface area (Å²) in [5.41, 5.74) is 1.03. The molecule has 0 amide bonds. The minimum absolute atomic E-state index is 0.339. The third kappa shape index (κ3) is 2.82.